The minimum atomic E-state index is -3.84. The van der Waals surface area contributed by atoms with E-state index in [1.165, 1.54) is 0 Å². The van der Waals surface area contributed by atoms with Crippen LogP contribution in [0, 0.1) is 46.8 Å². The predicted molar refractivity (Wildman–Crippen MR) is 60.5 cm³/mol. The van der Waals surface area contributed by atoms with Crippen molar-refractivity contribution in [3.8, 4) is 0 Å². The topological polar surface area (TPSA) is 80.4 Å². The molecular weight excluding hydrogens is 238 g/mol. The number of nitrogens with two attached hydrogens (primary N) is 1. The van der Waals surface area contributed by atoms with Gasteiger partial charge in [-0.25, -0.2) is 0 Å². The molecule has 6 saturated carbocycles. The lowest BCUT2D eigenvalue weighted by atomic mass is 8.96. The van der Waals surface area contributed by atoms with Crippen LogP contribution in [0.3, 0.4) is 0 Å². The van der Waals surface area contributed by atoms with Crippen molar-refractivity contribution in [3.05, 3.63) is 0 Å². The Balaban J connectivity index is 1.25. The standard InChI is InChI=1S/C12H17NO3S/c13-4(1-2-17(14,15)16)3-12-9-6-5-7(9)11(12)8(5)10(6)12/h4-11H,1-3,13H2,(H,14,15,16). The fourth-order valence-corrected chi connectivity index (χ4v) is 7.54. The van der Waals surface area contributed by atoms with Crippen molar-refractivity contribution >= 4 is 10.1 Å². The first kappa shape index (κ1) is 9.75. The van der Waals surface area contributed by atoms with Crippen LogP contribution in [-0.4, -0.2) is 24.8 Å². The molecule has 0 aromatic heterocycles. The molecule has 6 aliphatic carbocycles. The normalized spacial score (nSPS) is 64.5. The third kappa shape index (κ3) is 0.726. The lowest BCUT2D eigenvalue weighted by Crippen LogP contribution is -3.05. The van der Waals surface area contributed by atoms with Gasteiger partial charge in [-0.15, -0.1) is 0 Å². The molecule has 6 fully saturated rings. The zero-order valence-corrected chi connectivity index (χ0v) is 10.3. The minimum absolute atomic E-state index is 0.0399. The maximum atomic E-state index is 10.7. The van der Waals surface area contributed by atoms with Crippen LogP contribution in [0.1, 0.15) is 12.8 Å². The van der Waals surface area contributed by atoms with E-state index in [4.69, 9.17) is 10.3 Å². The van der Waals surface area contributed by atoms with Gasteiger partial charge in [0.1, 0.15) is 0 Å². The van der Waals surface area contributed by atoms with Crippen molar-refractivity contribution in [1.29, 1.82) is 0 Å². The highest BCUT2D eigenvalue weighted by molar-refractivity contribution is 7.85. The Morgan fingerprint density at radius 3 is 2.12 bits per heavy atom. The van der Waals surface area contributed by atoms with Crippen LogP contribution in [-0.2, 0) is 10.1 Å². The minimum Gasteiger partial charge on any atom is -0.328 e. The first-order valence-electron chi connectivity index (χ1n) is 6.67. The van der Waals surface area contributed by atoms with Crippen LogP contribution in [0.25, 0.3) is 0 Å². The molecule has 3 N–H and O–H groups in total. The fourth-order valence-electron chi connectivity index (χ4n) is 6.94. The Bertz CT molecular complexity index is 477. The van der Waals surface area contributed by atoms with Crippen molar-refractivity contribution in [2.24, 2.45) is 52.6 Å². The number of hydrogen-bond donors (Lipinski definition) is 2. The van der Waals surface area contributed by atoms with Crippen LogP contribution in [0.5, 0.6) is 0 Å². The monoisotopic (exact) mass is 255 g/mol. The van der Waals surface area contributed by atoms with Gasteiger partial charge >= 0.3 is 0 Å². The maximum absolute atomic E-state index is 10.7. The summed E-state index contributed by atoms with van der Waals surface area (Å²) >= 11 is 0. The van der Waals surface area contributed by atoms with Crippen LogP contribution in [0.2, 0.25) is 0 Å². The van der Waals surface area contributed by atoms with E-state index in [1.807, 2.05) is 0 Å². The molecule has 17 heavy (non-hydrogen) atoms. The lowest BCUT2D eigenvalue weighted by Gasteiger charge is -3.08. The second-order valence-electron chi connectivity index (χ2n) is 7.04. The molecule has 0 bridgehead atoms. The van der Waals surface area contributed by atoms with E-state index in [2.05, 4.69) is 0 Å². The second-order valence-corrected chi connectivity index (χ2v) is 8.61. The molecule has 0 spiro atoms. The Hall–Kier alpha value is -0.130. The maximum Gasteiger partial charge on any atom is 0.264 e. The average molecular weight is 255 g/mol. The summed E-state index contributed by atoms with van der Waals surface area (Å²) in [6, 6.07) is -0.0399. The van der Waals surface area contributed by atoms with E-state index in [0.29, 0.717) is 11.8 Å². The molecule has 6 aliphatic rings. The summed E-state index contributed by atoms with van der Waals surface area (Å²) in [6.45, 7) is 0. The number of hydrogen-bond acceptors (Lipinski definition) is 3. The SMILES string of the molecule is NC(CCS(=O)(=O)O)CC12C3C4C5C3C1C5C42. The van der Waals surface area contributed by atoms with Gasteiger partial charge in [0.2, 0.25) is 0 Å². The average Bonchev–Trinajstić information content (AvgIpc) is 2.26. The molecule has 0 saturated heterocycles. The van der Waals surface area contributed by atoms with E-state index >= 15 is 0 Å². The summed E-state index contributed by atoms with van der Waals surface area (Å²) in [5.74, 6) is 7.04. The van der Waals surface area contributed by atoms with Crippen LogP contribution < -0.4 is 5.73 Å². The fraction of sp³-hybridized carbons (Fsp3) is 1.00. The molecule has 1 unspecified atom stereocenters. The van der Waals surface area contributed by atoms with Crippen LogP contribution >= 0.6 is 0 Å². The lowest BCUT2D eigenvalue weighted by molar-refractivity contribution is -0.616. The van der Waals surface area contributed by atoms with Gasteiger partial charge in [0, 0.05) is 6.04 Å². The summed E-state index contributed by atoms with van der Waals surface area (Å²) in [5.41, 5.74) is 6.61. The molecule has 1 atom stereocenters. The Labute approximate surface area is 101 Å². The third-order valence-electron chi connectivity index (χ3n) is 7.05. The van der Waals surface area contributed by atoms with E-state index in [-0.39, 0.29) is 11.8 Å². The van der Waals surface area contributed by atoms with Crippen LogP contribution in [0.4, 0.5) is 0 Å². The van der Waals surface area contributed by atoms with E-state index < -0.39 is 10.1 Å². The smallest absolute Gasteiger partial charge is 0.264 e. The highest BCUT2D eigenvalue weighted by atomic mass is 32.2. The molecule has 6 rings (SSSR count). The molecular formula is C12H17NO3S. The molecule has 0 heterocycles. The summed E-state index contributed by atoms with van der Waals surface area (Å²) in [5, 5.41) is 0. The highest BCUT2D eigenvalue weighted by Crippen LogP contribution is 3.06. The molecule has 0 aromatic carbocycles. The van der Waals surface area contributed by atoms with E-state index in [0.717, 1.165) is 47.8 Å². The second kappa shape index (κ2) is 2.32. The highest BCUT2D eigenvalue weighted by Gasteiger charge is 3.03. The molecule has 0 amide bonds. The van der Waals surface area contributed by atoms with Gasteiger partial charge in [-0.2, -0.15) is 8.42 Å². The van der Waals surface area contributed by atoms with Gasteiger partial charge < -0.3 is 5.73 Å². The van der Waals surface area contributed by atoms with Crippen molar-refractivity contribution < 1.29 is 13.0 Å². The summed E-state index contributed by atoms with van der Waals surface area (Å²) in [4.78, 5) is 0. The Morgan fingerprint density at radius 2 is 1.65 bits per heavy atom. The van der Waals surface area contributed by atoms with Gasteiger partial charge in [-0.3, -0.25) is 4.55 Å². The molecule has 94 valence electrons. The number of rotatable bonds is 5. The van der Waals surface area contributed by atoms with Gasteiger partial charge in [0.05, 0.1) is 5.75 Å². The predicted octanol–water partition coefficient (Wildman–Crippen LogP) is 0.349. The summed E-state index contributed by atoms with van der Waals surface area (Å²) < 4.78 is 30.1. The van der Waals surface area contributed by atoms with Gasteiger partial charge in [-0.05, 0) is 59.7 Å². The van der Waals surface area contributed by atoms with Crippen molar-refractivity contribution in [2.75, 3.05) is 5.75 Å². The van der Waals surface area contributed by atoms with Crippen molar-refractivity contribution in [3.63, 3.8) is 0 Å². The zero-order valence-electron chi connectivity index (χ0n) is 9.49. The van der Waals surface area contributed by atoms with Crippen molar-refractivity contribution in [2.45, 2.75) is 18.9 Å². The molecule has 4 nitrogen and oxygen atoms in total. The molecule has 5 heteroatoms. The van der Waals surface area contributed by atoms with E-state index in [9.17, 15) is 8.42 Å². The zero-order chi connectivity index (χ0) is 11.7. The quantitative estimate of drug-likeness (QED) is 0.695. The summed E-state index contributed by atoms with van der Waals surface area (Å²) in [6.07, 6.45) is 1.43. The first-order valence-corrected chi connectivity index (χ1v) is 8.28. The van der Waals surface area contributed by atoms with E-state index in [1.54, 1.807) is 0 Å². The Morgan fingerprint density at radius 1 is 1.12 bits per heavy atom. The Kier molecular flexibility index (Phi) is 1.33. The van der Waals surface area contributed by atoms with Gasteiger partial charge in [-0.1, -0.05) is 0 Å². The summed E-state index contributed by atoms with van der Waals surface area (Å²) in [7, 11) is -3.84. The van der Waals surface area contributed by atoms with Gasteiger partial charge in [0.25, 0.3) is 10.1 Å². The third-order valence-corrected chi connectivity index (χ3v) is 7.80. The first-order chi connectivity index (χ1) is 7.97. The van der Waals surface area contributed by atoms with Gasteiger partial charge in [0.15, 0.2) is 0 Å². The molecule has 0 aromatic rings. The molecule has 0 radical (unpaired) electrons. The van der Waals surface area contributed by atoms with Crippen LogP contribution in [0.15, 0.2) is 0 Å². The largest absolute Gasteiger partial charge is 0.328 e. The molecule has 0 aliphatic heterocycles. The van der Waals surface area contributed by atoms with Crippen molar-refractivity contribution in [1.82, 2.24) is 0 Å².